The van der Waals surface area contributed by atoms with Crippen LogP contribution in [0.5, 0.6) is 0 Å². The average Bonchev–Trinajstić information content (AvgIpc) is 2.88. The Morgan fingerprint density at radius 2 is 2.17 bits per heavy atom. The maximum Gasteiger partial charge on any atom is 0.173 e. The van der Waals surface area contributed by atoms with E-state index in [1.807, 2.05) is 0 Å². The van der Waals surface area contributed by atoms with Crippen LogP contribution in [-0.2, 0) is 6.42 Å². The summed E-state index contributed by atoms with van der Waals surface area (Å²) in [6.45, 7) is 5.04. The van der Waals surface area contributed by atoms with Crippen molar-refractivity contribution in [2.24, 2.45) is 0 Å². The fourth-order valence-corrected chi connectivity index (χ4v) is 2.69. The van der Waals surface area contributed by atoms with Crippen LogP contribution in [0.3, 0.4) is 0 Å². The predicted molar refractivity (Wildman–Crippen MR) is 79.0 cm³/mol. The van der Waals surface area contributed by atoms with Gasteiger partial charge in [-0.1, -0.05) is 13.3 Å². The van der Waals surface area contributed by atoms with Crippen molar-refractivity contribution in [3.05, 3.63) is 21.9 Å². The Kier molecular flexibility index (Phi) is 4.66. The van der Waals surface area contributed by atoms with Gasteiger partial charge in [0.25, 0.3) is 0 Å². The lowest BCUT2D eigenvalue weighted by Gasteiger charge is -2.10. The van der Waals surface area contributed by atoms with Crippen molar-refractivity contribution in [3.63, 3.8) is 0 Å². The Hall–Kier alpha value is -1.01. The van der Waals surface area contributed by atoms with E-state index in [0.29, 0.717) is 0 Å². The number of nitrogens with one attached hydrogen (secondary N) is 1. The summed E-state index contributed by atoms with van der Waals surface area (Å²) in [5, 5.41) is 3.26. The smallest absolute Gasteiger partial charge is 0.173 e. The van der Waals surface area contributed by atoms with E-state index < -0.39 is 0 Å². The maximum atomic E-state index is 4.62. The molecule has 0 aliphatic heterocycles. The van der Waals surface area contributed by atoms with E-state index in [1.165, 1.54) is 0 Å². The Labute approximate surface area is 119 Å². The summed E-state index contributed by atoms with van der Waals surface area (Å²) in [7, 11) is 0. The van der Waals surface area contributed by atoms with Crippen LogP contribution in [0.1, 0.15) is 26.0 Å². The number of halogens is 1. The number of aryl methyl sites for hydroxylation is 1. The van der Waals surface area contributed by atoms with E-state index in [9.17, 15) is 0 Å². The van der Waals surface area contributed by atoms with Crippen molar-refractivity contribution in [2.45, 2.75) is 26.7 Å². The monoisotopic (exact) mass is 326 g/mol. The van der Waals surface area contributed by atoms with Gasteiger partial charge in [0.1, 0.15) is 5.82 Å². The predicted octanol–water partition coefficient (Wildman–Crippen LogP) is 3.75. The molecule has 0 saturated heterocycles. The number of nitrogens with zero attached hydrogens (tertiary/aromatic N) is 3. The molecule has 0 radical (unpaired) electrons. The van der Waals surface area contributed by atoms with Crippen molar-refractivity contribution in [2.75, 3.05) is 11.9 Å². The first kappa shape index (κ1) is 13.4. The maximum absolute atomic E-state index is 4.62. The molecule has 1 N–H and O–H groups in total. The topological polar surface area (TPSA) is 50.7 Å². The van der Waals surface area contributed by atoms with E-state index in [0.717, 1.165) is 46.1 Å². The van der Waals surface area contributed by atoms with Gasteiger partial charge < -0.3 is 5.32 Å². The van der Waals surface area contributed by atoms with E-state index in [2.05, 4.69) is 50.0 Å². The molecular formula is C12H15BrN4S. The zero-order valence-electron chi connectivity index (χ0n) is 10.4. The zero-order chi connectivity index (χ0) is 13.0. The fraction of sp³-hybridized carbons (Fsp3) is 0.417. The van der Waals surface area contributed by atoms with Gasteiger partial charge in [-0.2, -0.15) is 0 Å². The van der Waals surface area contributed by atoms with Crippen LogP contribution in [0, 0.1) is 0 Å². The van der Waals surface area contributed by atoms with Crippen molar-refractivity contribution in [1.82, 2.24) is 15.0 Å². The number of aromatic nitrogens is 3. The van der Waals surface area contributed by atoms with Crippen LogP contribution in [0.4, 0.5) is 5.82 Å². The molecule has 0 fully saturated rings. The number of rotatable bonds is 5. The molecule has 2 rings (SSSR count). The van der Waals surface area contributed by atoms with Gasteiger partial charge in [-0.05, 0) is 29.3 Å². The second kappa shape index (κ2) is 6.24. The minimum atomic E-state index is 0.750. The minimum Gasteiger partial charge on any atom is -0.369 e. The molecule has 2 aromatic heterocycles. The summed E-state index contributed by atoms with van der Waals surface area (Å²) >= 11 is 5.14. The first-order valence-electron chi connectivity index (χ1n) is 5.95. The summed E-state index contributed by atoms with van der Waals surface area (Å²) in [5.41, 5.74) is 2.85. The highest BCUT2D eigenvalue weighted by Gasteiger charge is 2.13. The minimum absolute atomic E-state index is 0.750. The molecule has 0 bridgehead atoms. The van der Waals surface area contributed by atoms with Crippen LogP contribution in [0.2, 0.25) is 0 Å². The highest BCUT2D eigenvalue weighted by atomic mass is 79.9. The summed E-state index contributed by atoms with van der Waals surface area (Å²) in [4.78, 5) is 14.2. The molecular weight excluding hydrogens is 312 g/mol. The number of anilines is 1. The van der Waals surface area contributed by atoms with Crippen LogP contribution in [0.15, 0.2) is 16.2 Å². The Balaban J connectivity index is 2.47. The molecule has 6 heteroatoms. The van der Waals surface area contributed by atoms with E-state index in [4.69, 9.17) is 0 Å². The van der Waals surface area contributed by atoms with Gasteiger partial charge in [0, 0.05) is 12.7 Å². The summed E-state index contributed by atoms with van der Waals surface area (Å²) < 4.78 is 0.972. The van der Waals surface area contributed by atoms with Crippen LogP contribution in [0.25, 0.3) is 10.7 Å². The zero-order valence-corrected chi connectivity index (χ0v) is 12.8. The van der Waals surface area contributed by atoms with Gasteiger partial charge in [0.2, 0.25) is 0 Å². The third kappa shape index (κ3) is 2.87. The van der Waals surface area contributed by atoms with Gasteiger partial charge >= 0.3 is 0 Å². The lowest BCUT2D eigenvalue weighted by molar-refractivity contribution is 0.868. The third-order valence-corrected chi connectivity index (χ3v) is 4.01. The Bertz CT molecular complexity index is 486. The molecule has 18 heavy (non-hydrogen) atoms. The molecule has 0 saturated carbocycles. The molecule has 96 valence electrons. The van der Waals surface area contributed by atoms with E-state index >= 15 is 0 Å². The number of thiazole rings is 1. The molecule has 2 heterocycles. The van der Waals surface area contributed by atoms with Gasteiger partial charge in [-0.3, -0.25) is 4.98 Å². The summed E-state index contributed by atoms with van der Waals surface area (Å²) in [6, 6.07) is 0. The quantitative estimate of drug-likeness (QED) is 0.909. The lowest BCUT2D eigenvalue weighted by atomic mass is 10.2. The largest absolute Gasteiger partial charge is 0.369 e. The SMILES string of the molecule is CCCc1nc(-c2cncs2)nc(NCC)c1Br. The van der Waals surface area contributed by atoms with Gasteiger partial charge in [0.15, 0.2) is 5.82 Å². The highest BCUT2D eigenvalue weighted by molar-refractivity contribution is 9.10. The standard InChI is InChI=1S/C12H15BrN4S/c1-3-5-8-10(13)12(15-4-2)17-11(16-8)9-6-14-7-18-9/h6-7H,3-5H2,1-2H3,(H,15,16,17). The Morgan fingerprint density at radius 3 is 2.78 bits per heavy atom. The molecule has 0 aliphatic carbocycles. The van der Waals surface area contributed by atoms with Crippen molar-refractivity contribution < 1.29 is 0 Å². The summed E-state index contributed by atoms with van der Waals surface area (Å²) in [5.74, 6) is 1.61. The van der Waals surface area contributed by atoms with Crippen molar-refractivity contribution in [3.8, 4) is 10.7 Å². The first-order chi connectivity index (χ1) is 8.76. The number of hydrogen-bond acceptors (Lipinski definition) is 5. The molecule has 0 aliphatic rings. The normalized spacial score (nSPS) is 10.6. The van der Waals surface area contributed by atoms with Crippen LogP contribution in [-0.4, -0.2) is 21.5 Å². The molecule has 4 nitrogen and oxygen atoms in total. The lowest BCUT2D eigenvalue weighted by Crippen LogP contribution is -2.05. The first-order valence-corrected chi connectivity index (χ1v) is 7.62. The highest BCUT2D eigenvalue weighted by Crippen LogP contribution is 2.29. The van der Waals surface area contributed by atoms with Gasteiger partial charge in [0.05, 0.1) is 20.6 Å². The van der Waals surface area contributed by atoms with E-state index in [1.54, 1.807) is 23.0 Å². The van der Waals surface area contributed by atoms with Gasteiger partial charge in [-0.25, -0.2) is 9.97 Å². The van der Waals surface area contributed by atoms with Gasteiger partial charge in [-0.15, -0.1) is 11.3 Å². The van der Waals surface area contributed by atoms with Crippen LogP contribution >= 0.6 is 27.3 Å². The molecule has 0 atom stereocenters. The van der Waals surface area contributed by atoms with E-state index in [-0.39, 0.29) is 0 Å². The average molecular weight is 327 g/mol. The third-order valence-electron chi connectivity index (χ3n) is 2.40. The van der Waals surface area contributed by atoms with Crippen molar-refractivity contribution >= 4 is 33.1 Å². The second-order valence-electron chi connectivity index (χ2n) is 3.80. The molecule has 2 aromatic rings. The molecule has 0 spiro atoms. The molecule has 0 amide bonds. The van der Waals surface area contributed by atoms with Crippen molar-refractivity contribution in [1.29, 1.82) is 0 Å². The molecule has 0 aromatic carbocycles. The Morgan fingerprint density at radius 1 is 1.33 bits per heavy atom. The summed E-state index contributed by atoms with van der Waals surface area (Å²) in [6.07, 6.45) is 3.80. The number of hydrogen-bond donors (Lipinski definition) is 1. The second-order valence-corrected chi connectivity index (χ2v) is 5.48. The van der Waals surface area contributed by atoms with Crippen LogP contribution < -0.4 is 5.32 Å². The molecule has 0 unspecified atom stereocenters. The fourth-order valence-electron chi connectivity index (χ4n) is 1.62.